The van der Waals surface area contributed by atoms with E-state index >= 15 is 0 Å². The fourth-order valence-corrected chi connectivity index (χ4v) is 2.79. The van der Waals surface area contributed by atoms with Crippen molar-refractivity contribution >= 4 is 0 Å². The highest BCUT2D eigenvalue weighted by Crippen LogP contribution is 2.27. The van der Waals surface area contributed by atoms with Gasteiger partial charge in [0.1, 0.15) is 0 Å². The number of benzene rings is 1. The van der Waals surface area contributed by atoms with Crippen molar-refractivity contribution in [2.45, 2.75) is 66.0 Å². The van der Waals surface area contributed by atoms with E-state index in [9.17, 15) is 0 Å². The van der Waals surface area contributed by atoms with Crippen molar-refractivity contribution in [3.8, 4) is 0 Å². The Labute approximate surface area is 131 Å². The van der Waals surface area contributed by atoms with E-state index in [0.29, 0.717) is 24.5 Å². The number of hydrogen-bond acceptors (Lipinski definition) is 2. The van der Waals surface area contributed by atoms with Gasteiger partial charge in [-0.25, -0.2) is 0 Å². The molecule has 1 aromatic rings. The number of nitrogens with zero attached hydrogens (tertiary/aromatic N) is 1. The summed E-state index contributed by atoms with van der Waals surface area (Å²) in [5, 5.41) is 0. The van der Waals surface area contributed by atoms with Crippen molar-refractivity contribution in [3.05, 3.63) is 35.4 Å². The van der Waals surface area contributed by atoms with Gasteiger partial charge in [-0.2, -0.15) is 0 Å². The van der Waals surface area contributed by atoms with E-state index in [1.54, 1.807) is 0 Å². The van der Waals surface area contributed by atoms with Crippen LogP contribution in [0.25, 0.3) is 0 Å². The van der Waals surface area contributed by atoms with E-state index in [-0.39, 0.29) is 5.41 Å². The standard InChI is InChI=1S/C19H34N2/c1-14(2)13-21(15(3)4)18(12-20)16-8-10-17(11-9-16)19(5,6)7/h8-11,14-15,18H,12-13,20H2,1-7H3. The first-order valence-corrected chi connectivity index (χ1v) is 8.23. The van der Waals surface area contributed by atoms with Crippen LogP contribution in [0.3, 0.4) is 0 Å². The maximum atomic E-state index is 6.10. The Hall–Kier alpha value is -0.860. The third-order valence-corrected chi connectivity index (χ3v) is 4.02. The van der Waals surface area contributed by atoms with Gasteiger partial charge in [0.25, 0.3) is 0 Å². The van der Waals surface area contributed by atoms with Crippen LogP contribution in [-0.4, -0.2) is 24.0 Å². The van der Waals surface area contributed by atoms with E-state index in [2.05, 4.69) is 77.6 Å². The molecule has 0 saturated heterocycles. The van der Waals surface area contributed by atoms with Crippen LogP contribution in [0.15, 0.2) is 24.3 Å². The highest BCUT2D eigenvalue weighted by molar-refractivity contribution is 5.29. The Bertz CT molecular complexity index is 412. The van der Waals surface area contributed by atoms with Gasteiger partial charge in [0.15, 0.2) is 0 Å². The van der Waals surface area contributed by atoms with Gasteiger partial charge in [0.05, 0.1) is 0 Å². The molecular formula is C19H34N2. The van der Waals surface area contributed by atoms with Gasteiger partial charge in [-0.3, -0.25) is 4.90 Å². The molecule has 0 aromatic heterocycles. The summed E-state index contributed by atoms with van der Waals surface area (Å²) in [7, 11) is 0. The molecule has 0 bridgehead atoms. The normalized spacial score (nSPS) is 14.2. The minimum absolute atomic E-state index is 0.201. The molecular weight excluding hydrogens is 256 g/mol. The average Bonchev–Trinajstić information content (AvgIpc) is 2.37. The second-order valence-electron chi connectivity index (χ2n) is 7.81. The minimum Gasteiger partial charge on any atom is -0.329 e. The van der Waals surface area contributed by atoms with Crippen molar-refractivity contribution in [2.24, 2.45) is 11.7 Å². The molecule has 2 N–H and O–H groups in total. The summed E-state index contributed by atoms with van der Waals surface area (Å²) in [6.45, 7) is 17.6. The van der Waals surface area contributed by atoms with Gasteiger partial charge in [0.2, 0.25) is 0 Å². The average molecular weight is 290 g/mol. The van der Waals surface area contributed by atoms with Crippen LogP contribution in [-0.2, 0) is 5.41 Å². The zero-order valence-corrected chi connectivity index (χ0v) is 15.0. The monoisotopic (exact) mass is 290 g/mol. The lowest BCUT2D eigenvalue weighted by Gasteiger charge is -2.36. The lowest BCUT2D eigenvalue weighted by molar-refractivity contribution is 0.138. The third-order valence-electron chi connectivity index (χ3n) is 4.02. The largest absolute Gasteiger partial charge is 0.329 e. The van der Waals surface area contributed by atoms with Crippen LogP contribution in [0, 0.1) is 5.92 Å². The highest BCUT2D eigenvalue weighted by atomic mass is 15.2. The van der Waals surface area contributed by atoms with Gasteiger partial charge in [-0.05, 0) is 36.3 Å². The predicted molar refractivity (Wildman–Crippen MR) is 93.6 cm³/mol. The first kappa shape index (κ1) is 18.2. The van der Waals surface area contributed by atoms with Gasteiger partial charge in [0, 0.05) is 25.2 Å². The molecule has 21 heavy (non-hydrogen) atoms. The molecule has 0 aliphatic heterocycles. The van der Waals surface area contributed by atoms with Gasteiger partial charge >= 0.3 is 0 Å². The Kier molecular flexibility index (Phi) is 6.42. The summed E-state index contributed by atoms with van der Waals surface area (Å²) < 4.78 is 0. The molecule has 0 heterocycles. The van der Waals surface area contributed by atoms with E-state index < -0.39 is 0 Å². The number of nitrogens with two attached hydrogens (primary N) is 1. The first-order chi connectivity index (χ1) is 9.66. The molecule has 1 unspecified atom stereocenters. The maximum absolute atomic E-state index is 6.10. The first-order valence-electron chi connectivity index (χ1n) is 8.23. The quantitative estimate of drug-likeness (QED) is 0.844. The molecule has 1 aromatic carbocycles. The Morgan fingerprint density at radius 3 is 1.86 bits per heavy atom. The van der Waals surface area contributed by atoms with Gasteiger partial charge < -0.3 is 5.73 Å². The summed E-state index contributed by atoms with van der Waals surface area (Å²) in [5.41, 5.74) is 9.01. The van der Waals surface area contributed by atoms with E-state index in [1.165, 1.54) is 11.1 Å². The Balaban J connectivity index is 3.02. The van der Waals surface area contributed by atoms with Crippen LogP contribution in [0.1, 0.15) is 65.6 Å². The van der Waals surface area contributed by atoms with Gasteiger partial charge in [-0.1, -0.05) is 58.9 Å². The van der Waals surface area contributed by atoms with E-state index in [0.717, 1.165) is 6.54 Å². The summed E-state index contributed by atoms with van der Waals surface area (Å²) in [4.78, 5) is 2.52. The fourth-order valence-electron chi connectivity index (χ4n) is 2.79. The SMILES string of the molecule is CC(C)CN(C(C)C)C(CN)c1ccc(C(C)(C)C)cc1. The number of hydrogen-bond donors (Lipinski definition) is 1. The highest BCUT2D eigenvalue weighted by Gasteiger charge is 2.23. The summed E-state index contributed by atoms with van der Waals surface area (Å²) in [6, 6.07) is 9.84. The molecule has 0 amide bonds. The van der Waals surface area contributed by atoms with Crippen molar-refractivity contribution < 1.29 is 0 Å². The van der Waals surface area contributed by atoms with Crippen molar-refractivity contribution in [3.63, 3.8) is 0 Å². The number of rotatable bonds is 6. The molecule has 0 saturated carbocycles. The fraction of sp³-hybridized carbons (Fsp3) is 0.684. The molecule has 0 radical (unpaired) electrons. The molecule has 0 aliphatic rings. The Morgan fingerprint density at radius 2 is 1.52 bits per heavy atom. The van der Waals surface area contributed by atoms with Crippen LogP contribution in [0.2, 0.25) is 0 Å². The minimum atomic E-state index is 0.201. The summed E-state index contributed by atoms with van der Waals surface area (Å²) in [5.74, 6) is 0.648. The van der Waals surface area contributed by atoms with Crippen LogP contribution in [0.4, 0.5) is 0 Å². The van der Waals surface area contributed by atoms with Crippen LogP contribution >= 0.6 is 0 Å². The molecule has 1 atom stereocenters. The molecule has 0 fully saturated rings. The van der Waals surface area contributed by atoms with Crippen molar-refractivity contribution in [2.75, 3.05) is 13.1 Å². The van der Waals surface area contributed by atoms with Crippen molar-refractivity contribution in [1.82, 2.24) is 4.90 Å². The molecule has 0 spiro atoms. The lowest BCUT2D eigenvalue weighted by atomic mass is 9.86. The molecule has 1 rings (SSSR count). The molecule has 0 aliphatic carbocycles. The predicted octanol–water partition coefficient (Wildman–Crippen LogP) is 4.35. The van der Waals surface area contributed by atoms with Crippen LogP contribution in [0.5, 0.6) is 0 Å². The van der Waals surface area contributed by atoms with E-state index in [1.807, 2.05) is 0 Å². The zero-order valence-electron chi connectivity index (χ0n) is 15.0. The Morgan fingerprint density at radius 1 is 1.00 bits per heavy atom. The smallest absolute Gasteiger partial charge is 0.0473 e. The third kappa shape index (κ3) is 5.12. The topological polar surface area (TPSA) is 29.3 Å². The molecule has 2 heteroatoms. The maximum Gasteiger partial charge on any atom is 0.0473 e. The molecule has 120 valence electrons. The van der Waals surface area contributed by atoms with Gasteiger partial charge in [-0.15, -0.1) is 0 Å². The second kappa shape index (κ2) is 7.42. The second-order valence-corrected chi connectivity index (χ2v) is 7.81. The summed E-state index contributed by atoms with van der Waals surface area (Å²) in [6.07, 6.45) is 0. The molecule has 2 nitrogen and oxygen atoms in total. The van der Waals surface area contributed by atoms with E-state index in [4.69, 9.17) is 5.73 Å². The summed E-state index contributed by atoms with van der Waals surface area (Å²) >= 11 is 0. The van der Waals surface area contributed by atoms with Crippen molar-refractivity contribution in [1.29, 1.82) is 0 Å². The zero-order chi connectivity index (χ0) is 16.2. The van der Waals surface area contributed by atoms with Crippen LogP contribution < -0.4 is 5.73 Å². The lowest BCUT2D eigenvalue weighted by Crippen LogP contribution is -2.40.